The Morgan fingerprint density at radius 3 is 2.80 bits per heavy atom. The highest BCUT2D eigenvalue weighted by atomic mass is 19.1. The van der Waals surface area contributed by atoms with E-state index in [2.05, 4.69) is 5.32 Å². The molecule has 2 heteroatoms. The largest absolute Gasteiger partial charge is 0.311 e. The summed E-state index contributed by atoms with van der Waals surface area (Å²) in [5, 5.41) is 3.43. The van der Waals surface area contributed by atoms with Crippen LogP contribution in [-0.2, 0) is 0 Å². The van der Waals surface area contributed by atoms with Crippen LogP contribution in [0.5, 0.6) is 0 Å². The molecule has 1 saturated heterocycles. The fraction of sp³-hybridized carbons (Fsp3) is 1.00. The molecule has 1 aliphatic heterocycles. The van der Waals surface area contributed by atoms with Crippen LogP contribution in [0.25, 0.3) is 0 Å². The Morgan fingerprint density at radius 2 is 2.30 bits per heavy atom. The Hall–Kier alpha value is -0.110. The molecule has 1 aliphatic carbocycles. The monoisotopic (exact) mass is 143 g/mol. The molecule has 1 spiro atoms. The van der Waals surface area contributed by atoms with Gasteiger partial charge in [-0.3, -0.25) is 4.39 Å². The van der Waals surface area contributed by atoms with E-state index in [0.29, 0.717) is 5.92 Å². The Bertz CT molecular complexity index is 131. The highest BCUT2D eigenvalue weighted by Gasteiger charge is 2.49. The minimum absolute atomic E-state index is 0.118. The van der Waals surface area contributed by atoms with Gasteiger partial charge < -0.3 is 5.32 Å². The molecule has 1 heterocycles. The number of hydrogen-bond donors (Lipinski definition) is 1. The second-order valence-electron chi connectivity index (χ2n) is 3.58. The van der Waals surface area contributed by atoms with Crippen LogP contribution in [0.2, 0.25) is 0 Å². The van der Waals surface area contributed by atoms with E-state index in [1.54, 1.807) is 0 Å². The lowest BCUT2D eigenvalue weighted by Gasteiger charge is -2.30. The third-order valence-electron chi connectivity index (χ3n) is 2.96. The first-order chi connectivity index (χ1) is 4.87. The minimum Gasteiger partial charge on any atom is -0.311 e. The van der Waals surface area contributed by atoms with Crippen LogP contribution < -0.4 is 5.32 Å². The molecule has 0 amide bonds. The first kappa shape index (κ1) is 6.59. The Kier molecular flexibility index (Phi) is 1.44. The van der Waals surface area contributed by atoms with E-state index in [0.717, 1.165) is 19.4 Å². The number of piperidine rings is 1. The molecule has 2 fully saturated rings. The van der Waals surface area contributed by atoms with Crippen molar-refractivity contribution < 1.29 is 4.39 Å². The third-order valence-corrected chi connectivity index (χ3v) is 2.96. The average Bonchev–Trinajstić information content (AvgIpc) is 2.71. The smallest absolute Gasteiger partial charge is 0.0940 e. The van der Waals surface area contributed by atoms with Gasteiger partial charge in [-0.1, -0.05) is 0 Å². The normalized spacial score (nSPS) is 36.3. The zero-order valence-corrected chi connectivity index (χ0v) is 6.20. The highest BCUT2D eigenvalue weighted by Crippen LogP contribution is 2.46. The van der Waals surface area contributed by atoms with Gasteiger partial charge in [-0.05, 0) is 32.2 Å². The SMILES string of the molecule is FCC1CCCNC12CC2. The second-order valence-corrected chi connectivity index (χ2v) is 3.58. The molecule has 0 radical (unpaired) electrons. The number of rotatable bonds is 1. The van der Waals surface area contributed by atoms with E-state index in [9.17, 15) is 4.39 Å². The van der Waals surface area contributed by atoms with Gasteiger partial charge in [0.25, 0.3) is 0 Å². The van der Waals surface area contributed by atoms with Gasteiger partial charge in [0.2, 0.25) is 0 Å². The van der Waals surface area contributed by atoms with Gasteiger partial charge in [0.15, 0.2) is 0 Å². The number of hydrogen-bond acceptors (Lipinski definition) is 1. The van der Waals surface area contributed by atoms with Crippen molar-refractivity contribution in [2.75, 3.05) is 13.2 Å². The fourth-order valence-electron chi connectivity index (χ4n) is 2.05. The van der Waals surface area contributed by atoms with Crippen LogP contribution in [-0.4, -0.2) is 18.8 Å². The molecule has 58 valence electrons. The molecule has 0 aromatic heterocycles. The lowest BCUT2D eigenvalue weighted by molar-refractivity contribution is 0.211. The maximum atomic E-state index is 12.4. The first-order valence-electron chi connectivity index (χ1n) is 4.18. The van der Waals surface area contributed by atoms with Crippen LogP contribution >= 0.6 is 0 Å². The fourth-order valence-corrected chi connectivity index (χ4v) is 2.05. The predicted octanol–water partition coefficient (Wildman–Crippen LogP) is 1.49. The Morgan fingerprint density at radius 1 is 1.50 bits per heavy atom. The Labute approximate surface area is 61.0 Å². The molecule has 10 heavy (non-hydrogen) atoms. The standard InChI is InChI=1S/C8H14FN/c9-6-7-2-1-5-10-8(7)3-4-8/h7,10H,1-6H2. The number of nitrogens with one attached hydrogen (secondary N) is 1. The number of alkyl halides is 1. The molecule has 0 bridgehead atoms. The quantitative estimate of drug-likeness (QED) is 0.586. The molecule has 1 atom stereocenters. The molecule has 2 rings (SSSR count). The van der Waals surface area contributed by atoms with Crippen molar-refractivity contribution in [2.45, 2.75) is 31.2 Å². The third kappa shape index (κ3) is 0.858. The van der Waals surface area contributed by atoms with E-state index in [4.69, 9.17) is 0 Å². The molecule has 1 N–H and O–H groups in total. The van der Waals surface area contributed by atoms with Gasteiger partial charge >= 0.3 is 0 Å². The predicted molar refractivity (Wildman–Crippen MR) is 38.7 cm³/mol. The van der Waals surface area contributed by atoms with Crippen LogP contribution in [0.15, 0.2) is 0 Å². The summed E-state index contributed by atoms with van der Waals surface area (Å²) in [5.74, 6) is 0.334. The summed E-state index contributed by atoms with van der Waals surface area (Å²) in [5.41, 5.74) is 0.271. The summed E-state index contributed by atoms with van der Waals surface area (Å²) in [6, 6.07) is 0. The van der Waals surface area contributed by atoms with Crippen LogP contribution in [0.4, 0.5) is 4.39 Å². The van der Waals surface area contributed by atoms with E-state index < -0.39 is 0 Å². The van der Waals surface area contributed by atoms with E-state index >= 15 is 0 Å². The maximum absolute atomic E-state index is 12.4. The lowest BCUT2D eigenvalue weighted by atomic mass is 9.90. The van der Waals surface area contributed by atoms with Crippen molar-refractivity contribution in [3.05, 3.63) is 0 Å². The van der Waals surface area contributed by atoms with Gasteiger partial charge in [0.05, 0.1) is 6.67 Å². The summed E-state index contributed by atoms with van der Waals surface area (Å²) in [4.78, 5) is 0. The van der Waals surface area contributed by atoms with Crippen LogP contribution in [0, 0.1) is 5.92 Å². The average molecular weight is 143 g/mol. The summed E-state index contributed by atoms with van der Waals surface area (Å²) in [6.45, 7) is 0.990. The van der Waals surface area contributed by atoms with Crippen molar-refractivity contribution in [1.29, 1.82) is 0 Å². The molecule has 1 saturated carbocycles. The lowest BCUT2D eigenvalue weighted by Crippen LogP contribution is -2.44. The van der Waals surface area contributed by atoms with Crippen molar-refractivity contribution >= 4 is 0 Å². The van der Waals surface area contributed by atoms with Gasteiger partial charge in [0.1, 0.15) is 0 Å². The van der Waals surface area contributed by atoms with Crippen LogP contribution in [0.1, 0.15) is 25.7 Å². The molecule has 1 unspecified atom stereocenters. The van der Waals surface area contributed by atoms with E-state index in [1.165, 1.54) is 12.8 Å². The molecular formula is C8H14FN. The van der Waals surface area contributed by atoms with Crippen molar-refractivity contribution in [3.8, 4) is 0 Å². The highest BCUT2D eigenvalue weighted by molar-refractivity contribution is 5.08. The van der Waals surface area contributed by atoms with E-state index in [1.807, 2.05) is 0 Å². The van der Waals surface area contributed by atoms with Gasteiger partial charge in [-0.15, -0.1) is 0 Å². The second kappa shape index (κ2) is 2.19. The summed E-state index contributed by atoms with van der Waals surface area (Å²) >= 11 is 0. The molecule has 0 aromatic carbocycles. The maximum Gasteiger partial charge on any atom is 0.0940 e. The van der Waals surface area contributed by atoms with Gasteiger partial charge in [0, 0.05) is 11.5 Å². The number of halogens is 1. The summed E-state index contributed by atoms with van der Waals surface area (Å²) in [7, 11) is 0. The van der Waals surface area contributed by atoms with Crippen LogP contribution in [0.3, 0.4) is 0 Å². The summed E-state index contributed by atoms with van der Waals surface area (Å²) < 4.78 is 12.4. The Balaban J connectivity index is 2.01. The van der Waals surface area contributed by atoms with Gasteiger partial charge in [-0.25, -0.2) is 0 Å². The molecule has 0 aromatic rings. The summed E-state index contributed by atoms with van der Waals surface area (Å²) in [6.07, 6.45) is 4.68. The molecule has 2 aliphatic rings. The zero-order chi connectivity index (χ0) is 7.03. The van der Waals surface area contributed by atoms with Crippen molar-refractivity contribution in [1.82, 2.24) is 5.32 Å². The molecule has 1 nitrogen and oxygen atoms in total. The molecular weight excluding hydrogens is 129 g/mol. The topological polar surface area (TPSA) is 12.0 Å². The van der Waals surface area contributed by atoms with E-state index in [-0.39, 0.29) is 12.2 Å². The van der Waals surface area contributed by atoms with Gasteiger partial charge in [-0.2, -0.15) is 0 Å². The van der Waals surface area contributed by atoms with Crippen molar-refractivity contribution in [2.24, 2.45) is 5.92 Å². The zero-order valence-electron chi connectivity index (χ0n) is 6.20. The first-order valence-corrected chi connectivity index (χ1v) is 4.18. The van der Waals surface area contributed by atoms with Crippen molar-refractivity contribution in [3.63, 3.8) is 0 Å². The minimum atomic E-state index is -0.118.